The average Bonchev–Trinajstić information content (AvgIpc) is 3.60. The lowest BCUT2D eigenvalue weighted by Crippen LogP contribution is -2.52. The predicted molar refractivity (Wildman–Crippen MR) is 201 cm³/mol. The quantitative estimate of drug-likeness (QED) is 0.145. The highest BCUT2D eigenvalue weighted by molar-refractivity contribution is 6.35. The molecule has 10 nitrogen and oxygen atoms in total. The second-order valence-electron chi connectivity index (χ2n) is 14.3. The zero-order valence-corrected chi connectivity index (χ0v) is 30.3. The number of nitrogens with one attached hydrogen (secondary N) is 4. The third kappa shape index (κ3) is 7.50. The molecule has 0 unspecified atom stereocenters. The highest BCUT2D eigenvalue weighted by Crippen LogP contribution is 2.37. The van der Waals surface area contributed by atoms with Gasteiger partial charge in [-0.2, -0.15) is 5.26 Å². The summed E-state index contributed by atoms with van der Waals surface area (Å²) in [7, 11) is 3.51. The number of benzene rings is 3. The fourth-order valence-corrected chi connectivity index (χ4v) is 7.01. The van der Waals surface area contributed by atoms with E-state index >= 15 is 0 Å². The Hall–Kier alpha value is -4.82. The molecule has 0 aliphatic carbocycles. The molecule has 1 amide bonds. The van der Waals surface area contributed by atoms with Gasteiger partial charge in [-0.05, 0) is 75.9 Å². The molecule has 11 heteroatoms. The number of halogens is 1. The van der Waals surface area contributed by atoms with E-state index in [9.17, 15) is 10.1 Å². The first-order chi connectivity index (χ1) is 23.9. The van der Waals surface area contributed by atoms with Gasteiger partial charge >= 0.3 is 0 Å². The van der Waals surface area contributed by atoms with E-state index in [2.05, 4.69) is 88.6 Å². The number of rotatable bonds is 9. The standard InChI is InChI=1S/C39H46ClN9O/c1-25(26-11-8-7-9-12-26)43-35-29(22-41)23-42-37-32(35)20-30(21-33(37)40)44-36(27-13-10-14-28(19-27)38(50)47(5)6)34-24-49(46-45-34)31-15-17-48(18-16-31)39(2,3)4/h7-14,19-21,23-25,31,36,44-46H,15-18H2,1-6H3,(H,42,43)/t25-,36+/m1/s1. The van der Waals surface area contributed by atoms with Crippen LogP contribution in [0.2, 0.25) is 5.02 Å². The van der Waals surface area contributed by atoms with E-state index in [4.69, 9.17) is 11.6 Å². The van der Waals surface area contributed by atoms with Crippen LogP contribution < -0.4 is 21.6 Å². The third-order valence-electron chi connectivity index (χ3n) is 9.61. The second kappa shape index (κ2) is 14.6. The Balaban J connectivity index is 1.37. The van der Waals surface area contributed by atoms with Crippen LogP contribution >= 0.6 is 11.6 Å². The van der Waals surface area contributed by atoms with Gasteiger partial charge in [-0.1, -0.05) is 54.1 Å². The molecular formula is C39H46ClN9O. The van der Waals surface area contributed by atoms with Gasteiger partial charge < -0.3 is 21.0 Å². The number of hydrogen-bond acceptors (Lipinski definition) is 9. The summed E-state index contributed by atoms with van der Waals surface area (Å²) in [4.78, 5) is 21.7. The molecule has 1 aromatic heterocycles. The maximum atomic E-state index is 13.0. The Morgan fingerprint density at radius 1 is 1.04 bits per heavy atom. The minimum Gasteiger partial charge on any atom is -0.377 e. The molecule has 2 atom stereocenters. The van der Waals surface area contributed by atoms with Gasteiger partial charge in [0, 0.05) is 73.8 Å². The van der Waals surface area contributed by atoms with Crippen molar-refractivity contribution in [3.8, 4) is 6.07 Å². The fraction of sp³-hybridized carbons (Fsp3) is 0.359. The summed E-state index contributed by atoms with van der Waals surface area (Å²) in [5.74, 6) is -0.0728. The fourth-order valence-electron chi connectivity index (χ4n) is 6.74. The molecule has 2 aliphatic rings. The van der Waals surface area contributed by atoms with E-state index in [1.165, 1.54) is 0 Å². The van der Waals surface area contributed by atoms with Gasteiger partial charge in [0.05, 0.1) is 33.5 Å². The summed E-state index contributed by atoms with van der Waals surface area (Å²) >= 11 is 6.92. The molecule has 2 aliphatic heterocycles. The lowest BCUT2D eigenvalue weighted by Gasteiger charge is -2.42. The number of anilines is 2. The number of amides is 1. The molecule has 50 heavy (non-hydrogen) atoms. The lowest BCUT2D eigenvalue weighted by atomic mass is 9.97. The number of carbonyl (C=O) groups excluding carboxylic acids is 1. The second-order valence-corrected chi connectivity index (χ2v) is 14.7. The summed E-state index contributed by atoms with van der Waals surface area (Å²) < 4.78 is 0. The Labute approximate surface area is 300 Å². The molecule has 0 spiro atoms. The van der Waals surface area contributed by atoms with E-state index in [0.717, 1.165) is 53.8 Å². The molecule has 1 fully saturated rings. The monoisotopic (exact) mass is 691 g/mol. The normalized spacial score (nSPS) is 16.7. The van der Waals surface area contributed by atoms with Crippen LogP contribution in [0.5, 0.6) is 0 Å². The molecule has 1 saturated heterocycles. The predicted octanol–water partition coefficient (Wildman–Crippen LogP) is 7.22. The van der Waals surface area contributed by atoms with Crippen LogP contribution in [0.25, 0.3) is 10.9 Å². The van der Waals surface area contributed by atoms with Crippen molar-refractivity contribution in [2.24, 2.45) is 0 Å². The average molecular weight is 692 g/mol. The van der Waals surface area contributed by atoms with Crippen LogP contribution in [0, 0.1) is 11.3 Å². The molecule has 3 heterocycles. The Morgan fingerprint density at radius 3 is 2.44 bits per heavy atom. The number of fused-ring (bicyclic) bond motifs is 1. The van der Waals surface area contributed by atoms with E-state index in [-0.39, 0.29) is 23.5 Å². The van der Waals surface area contributed by atoms with Gasteiger partial charge in [0.25, 0.3) is 5.91 Å². The van der Waals surface area contributed by atoms with Crippen molar-refractivity contribution in [2.45, 2.75) is 64.2 Å². The molecule has 3 aromatic carbocycles. The maximum absolute atomic E-state index is 13.0. The van der Waals surface area contributed by atoms with Crippen LogP contribution in [0.1, 0.15) is 79.7 Å². The molecular weight excluding hydrogens is 646 g/mol. The molecule has 6 rings (SSSR count). The van der Waals surface area contributed by atoms with Crippen molar-refractivity contribution in [3.05, 3.63) is 112 Å². The van der Waals surface area contributed by atoms with Crippen molar-refractivity contribution in [3.63, 3.8) is 0 Å². The number of nitrogens with zero attached hydrogens (tertiary/aromatic N) is 5. The smallest absolute Gasteiger partial charge is 0.253 e. The van der Waals surface area contributed by atoms with Crippen LogP contribution in [-0.2, 0) is 0 Å². The summed E-state index contributed by atoms with van der Waals surface area (Å²) in [6, 6.07) is 23.8. The van der Waals surface area contributed by atoms with E-state index in [1.807, 2.05) is 54.6 Å². The minimum atomic E-state index is -0.377. The van der Waals surface area contributed by atoms with Crippen molar-refractivity contribution >= 4 is 39.8 Å². The first-order valence-corrected chi connectivity index (χ1v) is 17.5. The van der Waals surface area contributed by atoms with E-state index < -0.39 is 0 Å². The van der Waals surface area contributed by atoms with Gasteiger partial charge in [0.2, 0.25) is 0 Å². The molecule has 4 N–H and O–H groups in total. The SMILES string of the molecule is C[C@@H](Nc1c(C#N)cnc2c(Cl)cc(N[C@H](C3=CN(C4CCN(C(C)(C)C)CC4)NN3)c3cccc(C(=O)N(C)C)c3)cc12)c1ccccc1. The highest BCUT2D eigenvalue weighted by atomic mass is 35.5. The Morgan fingerprint density at radius 2 is 1.76 bits per heavy atom. The van der Waals surface area contributed by atoms with Crippen LogP contribution in [-0.4, -0.2) is 64.5 Å². The van der Waals surface area contributed by atoms with Crippen LogP contribution in [0.3, 0.4) is 0 Å². The molecule has 0 bridgehead atoms. The molecule has 4 aromatic rings. The number of pyridine rings is 1. The Bertz CT molecular complexity index is 1920. The summed E-state index contributed by atoms with van der Waals surface area (Å²) in [5, 5.41) is 20.7. The molecule has 0 radical (unpaired) electrons. The number of nitriles is 1. The Kier molecular flexibility index (Phi) is 10.2. The largest absolute Gasteiger partial charge is 0.377 e. The minimum absolute atomic E-state index is 0.0728. The van der Waals surface area contributed by atoms with E-state index in [0.29, 0.717) is 33.4 Å². The van der Waals surface area contributed by atoms with Crippen LogP contribution in [0.15, 0.2) is 84.8 Å². The van der Waals surface area contributed by atoms with Gasteiger partial charge in [-0.15, -0.1) is 5.53 Å². The molecule has 260 valence electrons. The number of likely N-dealkylation sites (tertiary alicyclic amines) is 1. The third-order valence-corrected chi connectivity index (χ3v) is 9.90. The first-order valence-electron chi connectivity index (χ1n) is 17.1. The van der Waals surface area contributed by atoms with Crippen molar-refractivity contribution < 1.29 is 4.79 Å². The van der Waals surface area contributed by atoms with Gasteiger partial charge in [0.15, 0.2) is 0 Å². The van der Waals surface area contributed by atoms with Gasteiger partial charge in [0.1, 0.15) is 6.07 Å². The summed E-state index contributed by atoms with van der Waals surface area (Å²) in [5.41, 5.74) is 12.9. The molecule has 0 saturated carbocycles. The number of hydrogen-bond donors (Lipinski definition) is 4. The van der Waals surface area contributed by atoms with Crippen molar-refractivity contribution in [2.75, 3.05) is 37.8 Å². The zero-order chi connectivity index (χ0) is 35.6. The summed E-state index contributed by atoms with van der Waals surface area (Å²) in [6.45, 7) is 10.9. The van der Waals surface area contributed by atoms with Gasteiger partial charge in [-0.3, -0.25) is 19.7 Å². The number of hydrazine groups is 2. The topological polar surface area (TPSA) is 112 Å². The zero-order valence-electron chi connectivity index (χ0n) is 29.6. The van der Waals surface area contributed by atoms with Crippen molar-refractivity contribution in [1.29, 1.82) is 5.26 Å². The van der Waals surface area contributed by atoms with Gasteiger partial charge in [-0.25, -0.2) is 0 Å². The highest BCUT2D eigenvalue weighted by Gasteiger charge is 2.32. The lowest BCUT2D eigenvalue weighted by molar-refractivity contribution is 0.0570. The number of aromatic nitrogens is 1. The van der Waals surface area contributed by atoms with E-state index in [1.54, 1.807) is 25.2 Å². The first kappa shape index (κ1) is 35.0. The maximum Gasteiger partial charge on any atom is 0.253 e. The summed E-state index contributed by atoms with van der Waals surface area (Å²) in [6.07, 6.45) is 5.76. The van der Waals surface area contributed by atoms with Crippen molar-refractivity contribution in [1.82, 2.24) is 30.8 Å². The van der Waals surface area contributed by atoms with Crippen LogP contribution in [0.4, 0.5) is 11.4 Å². The number of carbonyl (C=O) groups is 1. The number of piperidine rings is 1.